The molecule has 1 atom stereocenters. The van der Waals surface area contributed by atoms with E-state index in [4.69, 9.17) is 5.53 Å². The molecule has 0 radical (unpaired) electrons. The molecule has 2 amide bonds. The first-order valence-corrected chi connectivity index (χ1v) is 4.82. The Hall–Kier alpha value is -1.75. The molecule has 0 saturated carbocycles. The molecule has 0 spiro atoms. The van der Waals surface area contributed by atoms with Gasteiger partial charge in [-0.05, 0) is 18.4 Å². The number of nitrogens with one attached hydrogen (secondary N) is 2. The number of nitrogens with zero attached hydrogens (tertiary/aromatic N) is 3. The molecule has 7 heteroatoms. The lowest BCUT2D eigenvalue weighted by atomic mass is 10.2. The minimum absolute atomic E-state index is 0.0794. The van der Waals surface area contributed by atoms with Gasteiger partial charge in [-0.1, -0.05) is 5.11 Å². The van der Waals surface area contributed by atoms with E-state index in [2.05, 4.69) is 20.7 Å². The number of carbonyl (C=O) groups excluding carboxylic acids is 2. The van der Waals surface area contributed by atoms with Crippen LogP contribution in [0.25, 0.3) is 10.4 Å². The molecule has 0 aromatic heterocycles. The highest BCUT2D eigenvalue weighted by Gasteiger charge is 2.26. The summed E-state index contributed by atoms with van der Waals surface area (Å²) in [6.07, 6.45) is 1.58. The van der Waals surface area contributed by atoms with Gasteiger partial charge in [0, 0.05) is 24.4 Å². The minimum Gasteiger partial charge on any atom is -0.354 e. The average molecular weight is 211 g/mol. The van der Waals surface area contributed by atoms with Crippen LogP contribution in [0.5, 0.6) is 0 Å². The topological polar surface area (TPSA) is 107 Å². The Morgan fingerprint density at radius 3 is 3.13 bits per heavy atom. The van der Waals surface area contributed by atoms with Crippen LogP contribution < -0.4 is 10.6 Å². The van der Waals surface area contributed by atoms with E-state index < -0.39 is 6.04 Å². The maximum Gasteiger partial charge on any atom is 0.242 e. The second-order valence-corrected chi connectivity index (χ2v) is 3.26. The van der Waals surface area contributed by atoms with Crippen LogP contribution in [-0.2, 0) is 9.59 Å². The van der Waals surface area contributed by atoms with Gasteiger partial charge in [0.05, 0.1) is 0 Å². The average Bonchev–Trinajstić information content (AvgIpc) is 2.64. The second-order valence-electron chi connectivity index (χ2n) is 3.26. The van der Waals surface area contributed by atoms with Crippen molar-refractivity contribution in [2.24, 2.45) is 5.11 Å². The second kappa shape index (κ2) is 5.87. The summed E-state index contributed by atoms with van der Waals surface area (Å²) in [5.41, 5.74) is 8.00. The van der Waals surface area contributed by atoms with Gasteiger partial charge >= 0.3 is 0 Å². The fourth-order valence-electron chi connectivity index (χ4n) is 1.34. The van der Waals surface area contributed by atoms with Gasteiger partial charge in [0.25, 0.3) is 0 Å². The summed E-state index contributed by atoms with van der Waals surface area (Å²) in [7, 11) is 0. The molecule has 0 aromatic carbocycles. The van der Waals surface area contributed by atoms with E-state index in [1.165, 1.54) is 0 Å². The van der Waals surface area contributed by atoms with Crippen molar-refractivity contribution < 1.29 is 9.59 Å². The molecular weight excluding hydrogens is 198 g/mol. The lowest BCUT2D eigenvalue weighted by Crippen LogP contribution is -2.41. The summed E-state index contributed by atoms with van der Waals surface area (Å²) in [5, 5.41) is 8.58. The fraction of sp³-hybridized carbons (Fsp3) is 0.750. The standard InChI is InChI=1S/C8H13N5O2/c9-13-11-5-1-4-10-8(15)6-2-3-7(14)12-6/h6H,1-5H2,(H,10,15)(H,12,14)/t6-/m0/s1. The highest BCUT2D eigenvalue weighted by molar-refractivity contribution is 5.90. The van der Waals surface area contributed by atoms with Gasteiger partial charge in [0.2, 0.25) is 11.8 Å². The van der Waals surface area contributed by atoms with Gasteiger partial charge in [-0.3, -0.25) is 9.59 Å². The third-order valence-corrected chi connectivity index (χ3v) is 2.11. The summed E-state index contributed by atoms with van der Waals surface area (Å²) in [5.74, 6) is -0.244. The highest BCUT2D eigenvalue weighted by Crippen LogP contribution is 2.05. The van der Waals surface area contributed by atoms with Crippen molar-refractivity contribution in [1.82, 2.24) is 10.6 Å². The van der Waals surface area contributed by atoms with Crippen molar-refractivity contribution in [2.45, 2.75) is 25.3 Å². The molecule has 0 aliphatic carbocycles. The van der Waals surface area contributed by atoms with Gasteiger partial charge in [0.1, 0.15) is 6.04 Å². The van der Waals surface area contributed by atoms with Crippen LogP contribution in [0.3, 0.4) is 0 Å². The van der Waals surface area contributed by atoms with Crippen LogP contribution in [0.15, 0.2) is 5.11 Å². The maximum absolute atomic E-state index is 11.4. The first-order chi connectivity index (χ1) is 7.24. The van der Waals surface area contributed by atoms with E-state index in [1.54, 1.807) is 0 Å². The van der Waals surface area contributed by atoms with Gasteiger partial charge < -0.3 is 10.6 Å². The van der Waals surface area contributed by atoms with Crippen molar-refractivity contribution in [3.05, 3.63) is 10.4 Å². The SMILES string of the molecule is [N-]=[N+]=NCCCNC(=O)[C@@H]1CCC(=O)N1. The van der Waals surface area contributed by atoms with E-state index in [1.807, 2.05) is 0 Å². The van der Waals surface area contributed by atoms with Crippen molar-refractivity contribution in [3.63, 3.8) is 0 Å². The first kappa shape index (κ1) is 11.3. The number of hydrogen-bond acceptors (Lipinski definition) is 3. The molecule has 0 bridgehead atoms. The molecule has 1 aliphatic rings. The Labute approximate surface area is 86.8 Å². The Bertz CT molecular complexity index is 297. The summed E-state index contributed by atoms with van der Waals surface area (Å²) in [4.78, 5) is 24.8. The first-order valence-electron chi connectivity index (χ1n) is 4.82. The molecule has 1 rings (SSSR count). The van der Waals surface area contributed by atoms with Crippen molar-refractivity contribution in [2.75, 3.05) is 13.1 Å². The van der Waals surface area contributed by atoms with E-state index >= 15 is 0 Å². The summed E-state index contributed by atoms with van der Waals surface area (Å²) in [6, 6.07) is -0.392. The predicted molar refractivity (Wildman–Crippen MR) is 52.8 cm³/mol. The highest BCUT2D eigenvalue weighted by atomic mass is 16.2. The Morgan fingerprint density at radius 1 is 1.73 bits per heavy atom. The lowest BCUT2D eigenvalue weighted by molar-refractivity contribution is -0.125. The van der Waals surface area contributed by atoms with Crippen LogP contribution in [-0.4, -0.2) is 30.9 Å². The summed E-state index contributed by atoms with van der Waals surface area (Å²) < 4.78 is 0. The van der Waals surface area contributed by atoms with E-state index in [0.717, 1.165) is 0 Å². The molecule has 7 nitrogen and oxygen atoms in total. The van der Waals surface area contributed by atoms with E-state index in [0.29, 0.717) is 32.4 Å². The third kappa shape index (κ3) is 3.86. The van der Waals surface area contributed by atoms with E-state index in [-0.39, 0.29) is 11.8 Å². The maximum atomic E-state index is 11.4. The zero-order chi connectivity index (χ0) is 11.1. The smallest absolute Gasteiger partial charge is 0.242 e. The predicted octanol–water partition coefficient (Wildman–Crippen LogP) is 0.0816. The number of hydrogen-bond donors (Lipinski definition) is 2. The van der Waals surface area contributed by atoms with Crippen LogP contribution in [0, 0.1) is 0 Å². The Kier molecular flexibility index (Phi) is 4.43. The number of carbonyl (C=O) groups is 2. The van der Waals surface area contributed by atoms with Crippen LogP contribution in [0.1, 0.15) is 19.3 Å². The molecule has 1 aliphatic heterocycles. The Morgan fingerprint density at radius 2 is 2.53 bits per heavy atom. The van der Waals surface area contributed by atoms with Crippen LogP contribution in [0.2, 0.25) is 0 Å². The zero-order valence-electron chi connectivity index (χ0n) is 8.27. The molecule has 1 heterocycles. The number of rotatable bonds is 5. The fourth-order valence-corrected chi connectivity index (χ4v) is 1.34. The molecule has 1 fully saturated rings. The van der Waals surface area contributed by atoms with Crippen molar-refractivity contribution in [1.29, 1.82) is 0 Å². The van der Waals surface area contributed by atoms with E-state index in [9.17, 15) is 9.59 Å². The molecule has 0 aromatic rings. The molecular formula is C8H13N5O2. The summed E-state index contributed by atoms with van der Waals surface area (Å²) >= 11 is 0. The van der Waals surface area contributed by atoms with Gasteiger partial charge in [0.15, 0.2) is 0 Å². The molecule has 2 N–H and O–H groups in total. The molecule has 82 valence electrons. The monoisotopic (exact) mass is 211 g/mol. The quantitative estimate of drug-likeness (QED) is 0.291. The molecule has 1 saturated heterocycles. The zero-order valence-corrected chi connectivity index (χ0v) is 8.27. The number of amides is 2. The molecule has 0 unspecified atom stereocenters. The minimum atomic E-state index is -0.392. The Balaban J connectivity index is 2.13. The van der Waals surface area contributed by atoms with Gasteiger partial charge in [-0.15, -0.1) is 0 Å². The lowest BCUT2D eigenvalue weighted by Gasteiger charge is -2.09. The summed E-state index contributed by atoms with van der Waals surface area (Å²) in [6.45, 7) is 0.831. The molecule has 15 heavy (non-hydrogen) atoms. The van der Waals surface area contributed by atoms with Crippen molar-refractivity contribution in [3.8, 4) is 0 Å². The van der Waals surface area contributed by atoms with Gasteiger partial charge in [-0.25, -0.2) is 0 Å². The third-order valence-electron chi connectivity index (χ3n) is 2.11. The largest absolute Gasteiger partial charge is 0.354 e. The van der Waals surface area contributed by atoms with Crippen LogP contribution in [0.4, 0.5) is 0 Å². The van der Waals surface area contributed by atoms with Crippen LogP contribution >= 0.6 is 0 Å². The van der Waals surface area contributed by atoms with Gasteiger partial charge in [-0.2, -0.15) is 0 Å². The number of azide groups is 1. The normalized spacial score (nSPS) is 19.2. The van der Waals surface area contributed by atoms with Crippen molar-refractivity contribution >= 4 is 11.8 Å².